The maximum absolute atomic E-state index is 12.0. The molecular formula is C20H26N2O6S. The summed E-state index contributed by atoms with van der Waals surface area (Å²) in [5.41, 5.74) is 2.29. The number of benzene rings is 1. The summed E-state index contributed by atoms with van der Waals surface area (Å²) >= 11 is 0.935. The second kappa shape index (κ2) is 10.3. The topological polar surface area (TPSA) is 102 Å². The first-order valence-corrected chi connectivity index (χ1v) is 10.3. The van der Waals surface area contributed by atoms with Crippen LogP contribution in [-0.2, 0) is 19.1 Å². The van der Waals surface area contributed by atoms with E-state index in [1.54, 1.807) is 6.07 Å². The van der Waals surface area contributed by atoms with Crippen LogP contribution in [0.25, 0.3) is 0 Å². The normalized spacial score (nSPS) is 14.9. The zero-order valence-corrected chi connectivity index (χ0v) is 17.8. The van der Waals surface area contributed by atoms with Crippen molar-refractivity contribution in [2.45, 2.75) is 39.7 Å². The molecule has 0 aromatic heterocycles. The molecule has 1 saturated heterocycles. The van der Waals surface area contributed by atoms with Gasteiger partial charge in [0.05, 0.1) is 5.75 Å². The minimum atomic E-state index is -1.02. The molecule has 1 heterocycles. The molecule has 1 atom stereocenters. The van der Waals surface area contributed by atoms with Gasteiger partial charge in [0, 0.05) is 13.1 Å². The zero-order valence-electron chi connectivity index (χ0n) is 17.0. The molecule has 29 heavy (non-hydrogen) atoms. The highest BCUT2D eigenvalue weighted by Crippen LogP contribution is 2.23. The maximum Gasteiger partial charge on any atom is 0.344 e. The first kappa shape index (κ1) is 22.7. The number of thioether (sulfide) groups is 1. The van der Waals surface area contributed by atoms with Crippen LogP contribution in [0.5, 0.6) is 5.75 Å². The minimum Gasteiger partial charge on any atom is -0.482 e. The van der Waals surface area contributed by atoms with Crippen LogP contribution < -0.4 is 10.1 Å². The van der Waals surface area contributed by atoms with E-state index in [1.165, 1.54) is 12.5 Å². The van der Waals surface area contributed by atoms with Gasteiger partial charge in [-0.3, -0.25) is 19.3 Å². The van der Waals surface area contributed by atoms with Crippen molar-refractivity contribution in [3.05, 3.63) is 29.3 Å². The van der Waals surface area contributed by atoms with Crippen LogP contribution in [0.1, 0.15) is 37.8 Å². The van der Waals surface area contributed by atoms with E-state index in [2.05, 4.69) is 19.2 Å². The monoisotopic (exact) mass is 422 g/mol. The summed E-state index contributed by atoms with van der Waals surface area (Å²) < 4.78 is 10.5. The van der Waals surface area contributed by atoms with Crippen molar-refractivity contribution >= 4 is 34.8 Å². The van der Waals surface area contributed by atoms with Crippen LogP contribution in [0.15, 0.2) is 18.2 Å². The fourth-order valence-corrected chi connectivity index (χ4v) is 3.60. The van der Waals surface area contributed by atoms with Crippen LogP contribution in [0.4, 0.5) is 4.79 Å². The Balaban J connectivity index is 1.72. The highest BCUT2D eigenvalue weighted by molar-refractivity contribution is 8.14. The summed E-state index contributed by atoms with van der Waals surface area (Å²) in [6.07, 6.45) is -1.02. The average Bonchev–Trinajstić information content (AvgIpc) is 2.98. The van der Waals surface area contributed by atoms with Crippen molar-refractivity contribution in [3.8, 4) is 5.75 Å². The summed E-state index contributed by atoms with van der Waals surface area (Å²) in [7, 11) is 0. The van der Waals surface area contributed by atoms with E-state index in [-0.39, 0.29) is 36.6 Å². The lowest BCUT2D eigenvalue weighted by Gasteiger charge is -2.16. The largest absolute Gasteiger partial charge is 0.482 e. The molecule has 1 fully saturated rings. The predicted molar refractivity (Wildman–Crippen MR) is 109 cm³/mol. The molecule has 3 amide bonds. The van der Waals surface area contributed by atoms with E-state index in [0.717, 1.165) is 22.2 Å². The van der Waals surface area contributed by atoms with E-state index < -0.39 is 18.0 Å². The molecule has 2 rings (SSSR count). The van der Waals surface area contributed by atoms with E-state index in [0.29, 0.717) is 11.7 Å². The van der Waals surface area contributed by atoms with Crippen LogP contribution >= 0.6 is 11.8 Å². The first-order chi connectivity index (χ1) is 13.7. The molecule has 0 bridgehead atoms. The van der Waals surface area contributed by atoms with Gasteiger partial charge < -0.3 is 14.8 Å². The number of amides is 3. The van der Waals surface area contributed by atoms with Gasteiger partial charge in [0.25, 0.3) is 11.1 Å². The van der Waals surface area contributed by atoms with Crippen molar-refractivity contribution in [2.24, 2.45) is 0 Å². The highest BCUT2D eigenvalue weighted by Gasteiger charge is 2.29. The van der Waals surface area contributed by atoms with Crippen LogP contribution in [0, 0.1) is 6.92 Å². The second-order valence-electron chi connectivity index (χ2n) is 6.98. The van der Waals surface area contributed by atoms with Gasteiger partial charge in [-0.2, -0.15) is 0 Å². The standard InChI is InChI=1S/C20H26N2O6S/c1-12(2)16-6-5-15(9-13(16)3)27-10-18(24)28-14(4)19(25)21-7-8-22-17(23)11-29-20(22)26/h5-6,9,12,14H,7-8,10-11H2,1-4H3,(H,21,25)/t14-/m1/s1. The molecule has 1 aromatic rings. The molecule has 1 aliphatic heterocycles. The van der Waals surface area contributed by atoms with Crippen molar-refractivity contribution < 1.29 is 28.7 Å². The molecule has 0 aliphatic carbocycles. The molecule has 1 N–H and O–H groups in total. The van der Waals surface area contributed by atoms with Crippen molar-refractivity contribution in [2.75, 3.05) is 25.4 Å². The van der Waals surface area contributed by atoms with Gasteiger partial charge in [-0.05, 0) is 43.0 Å². The predicted octanol–water partition coefficient (Wildman–Crippen LogP) is 2.24. The molecule has 0 spiro atoms. The van der Waals surface area contributed by atoms with Gasteiger partial charge >= 0.3 is 5.97 Å². The Labute approximate surface area is 174 Å². The van der Waals surface area contributed by atoms with Crippen molar-refractivity contribution in [1.82, 2.24) is 10.2 Å². The Bertz CT molecular complexity index is 779. The molecule has 158 valence electrons. The summed E-state index contributed by atoms with van der Waals surface area (Å²) in [5.74, 6) is -0.377. The number of imide groups is 1. The van der Waals surface area contributed by atoms with Crippen molar-refractivity contribution in [3.63, 3.8) is 0 Å². The number of hydrogen-bond acceptors (Lipinski definition) is 7. The number of rotatable bonds is 9. The number of carbonyl (C=O) groups excluding carboxylic acids is 4. The summed E-state index contributed by atoms with van der Waals surface area (Å²) in [5, 5.41) is 2.22. The minimum absolute atomic E-state index is 0.0892. The summed E-state index contributed by atoms with van der Waals surface area (Å²) in [6.45, 7) is 7.50. The van der Waals surface area contributed by atoms with Gasteiger partial charge in [-0.1, -0.05) is 31.7 Å². The lowest BCUT2D eigenvalue weighted by Crippen LogP contribution is -2.42. The van der Waals surface area contributed by atoms with Gasteiger partial charge in [-0.25, -0.2) is 4.79 Å². The average molecular weight is 423 g/mol. The molecule has 0 unspecified atom stereocenters. The first-order valence-electron chi connectivity index (χ1n) is 9.36. The Hall–Kier alpha value is -2.55. The Kier molecular flexibility index (Phi) is 8.07. The number of nitrogens with zero attached hydrogens (tertiary/aromatic N) is 1. The molecule has 1 aromatic carbocycles. The number of ether oxygens (including phenoxy) is 2. The lowest BCUT2D eigenvalue weighted by molar-refractivity contribution is -0.156. The smallest absolute Gasteiger partial charge is 0.344 e. The van der Waals surface area contributed by atoms with E-state index in [1.807, 2.05) is 19.1 Å². The lowest BCUT2D eigenvalue weighted by atomic mass is 9.98. The van der Waals surface area contributed by atoms with Gasteiger partial charge in [0.15, 0.2) is 12.7 Å². The number of esters is 1. The van der Waals surface area contributed by atoms with Gasteiger partial charge in [0.2, 0.25) is 5.91 Å². The molecule has 8 nitrogen and oxygen atoms in total. The van der Waals surface area contributed by atoms with Crippen LogP contribution in [0.3, 0.4) is 0 Å². The van der Waals surface area contributed by atoms with Gasteiger partial charge in [0.1, 0.15) is 5.75 Å². The Morgan fingerprint density at radius 3 is 2.55 bits per heavy atom. The maximum atomic E-state index is 12.0. The number of aryl methyl sites for hydroxylation is 1. The third kappa shape index (κ3) is 6.49. The van der Waals surface area contributed by atoms with Gasteiger partial charge in [-0.15, -0.1) is 0 Å². The Morgan fingerprint density at radius 2 is 1.97 bits per heavy atom. The molecular weight excluding hydrogens is 396 g/mol. The summed E-state index contributed by atoms with van der Waals surface area (Å²) in [4.78, 5) is 48.0. The molecule has 0 radical (unpaired) electrons. The second-order valence-corrected chi connectivity index (χ2v) is 7.91. The third-order valence-corrected chi connectivity index (χ3v) is 5.23. The molecule has 0 saturated carbocycles. The SMILES string of the molecule is Cc1cc(OCC(=O)O[C@H](C)C(=O)NCCN2C(=O)CSC2=O)ccc1C(C)C. The number of carbonyl (C=O) groups is 4. The fraction of sp³-hybridized carbons (Fsp3) is 0.500. The van der Waals surface area contributed by atoms with E-state index in [4.69, 9.17) is 9.47 Å². The fourth-order valence-electron chi connectivity index (χ4n) is 2.84. The third-order valence-electron chi connectivity index (χ3n) is 4.37. The quantitative estimate of drug-likeness (QED) is 0.609. The Morgan fingerprint density at radius 1 is 1.24 bits per heavy atom. The summed E-state index contributed by atoms with van der Waals surface area (Å²) in [6, 6.07) is 5.62. The number of hydrogen-bond donors (Lipinski definition) is 1. The highest BCUT2D eigenvalue weighted by atomic mass is 32.2. The van der Waals surface area contributed by atoms with Crippen molar-refractivity contribution in [1.29, 1.82) is 0 Å². The van der Waals surface area contributed by atoms with E-state index >= 15 is 0 Å². The van der Waals surface area contributed by atoms with Crippen LogP contribution in [-0.4, -0.2) is 59.5 Å². The molecule has 1 aliphatic rings. The zero-order chi connectivity index (χ0) is 21.6. The van der Waals surface area contributed by atoms with E-state index in [9.17, 15) is 19.2 Å². The van der Waals surface area contributed by atoms with Crippen LogP contribution in [0.2, 0.25) is 0 Å². The number of nitrogens with one attached hydrogen (secondary N) is 1. The molecule has 9 heteroatoms.